The summed E-state index contributed by atoms with van der Waals surface area (Å²) in [6.07, 6.45) is 7.53. The molecule has 0 saturated heterocycles. The lowest BCUT2D eigenvalue weighted by Gasteiger charge is -2.34. The summed E-state index contributed by atoms with van der Waals surface area (Å²) in [4.78, 5) is 15.6. The van der Waals surface area contributed by atoms with Crippen molar-refractivity contribution >= 4 is 39.3 Å². The fraction of sp³-hybridized carbons (Fsp3) is 0.667. The number of amides is 1. The van der Waals surface area contributed by atoms with Gasteiger partial charge in [-0.15, -0.1) is 0 Å². The summed E-state index contributed by atoms with van der Waals surface area (Å²) in [6, 6.07) is 2.18. The minimum absolute atomic E-state index is 0.0487. The molecule has 1 N–H and O–H groups in total. The molecule has 0 bridgehead atoms. The van der Waals surface area contributed by atoms with E-state index in [2.05, 4.69) is 29.1 Å². The maximum Gasteiger partial charge on any atom is 0.407 e. The number of nitrogens with zero attached hydrogens (tertiary/aromatic N) is 1. The molecule has 1 aromatic rings. The molecule has 0 aliphatic heterocycles. The van der Waals surface area contributed by atoms with Crippen LogP contribution in [0.5, 0.6) is 0 Å². The lowest BCUT2D eigenvalue weighted by molar-refractivity contribution is -0.0798. The first kappa shape index (κ1) is 22.5. The van der Waals surface area contributed by atoms with E-state index in [4.69, 9.17) is 27.9 Å². The van der Waals surface area contributed by atoms with E-state index in [0.29, 0.717) is 32.3 Å². The van der Waals surface area contributed by atoms with Crippen LogP contribution in [0, 0.1) is 5.92 Å². The Morgan fingerprint density at radius 1 is 1.22 bits per heavy atom. The summed E-state index contributed by atoms with van der Waals surface area (Å²) in [5.74, 6) is -3.03. The Balaban J connectivity index is 1.84. The Bertz CT molecular complexity index is 643. The second-order valence-corrected chi connectivity index (χ2v) is 13.1. The van der Waals surface area contributed by atoms with Crippen molar-refractivity contribution in [2.24, 2.45) is 5.92 Å². The molecule has 1 amide bonds. The molecule has 0 unspecified atom stereocenters. The average Bonchev–Trinajstić information content (AvgIpc) is 2.53. The number of halogens is 4. The summed E-state index contributed by atoms with van der Waals surface area (Å²) >= 11 is 11.5. The molecule has 1 saturated carbocycles. The normalized spacial score (nSPS) is 21.6. The fourth-order valence-electron chi connectivity index (χ4n) is 3.09. The minimum Gasteiger partial charge on any atom is -0.449 e. The maximum atomic E-state index is 14.8. The fourth-order valence-corrected chi connectivity index (χ4v) is 4.13. The van der Waals surface area contributed by atoms with Crippen LogP contribution >= 0.6 is 33.2 Å². The number of ether oxygens (including phenoxy) is 1. The Morgan fingerprint density at radius 3 is 2.30 bits per heavy atom. The smallest absolute Gasteiger partial charge is 0.407 e. The van der Waals surface area contributed by atoms with Gasteiger partial charge in [-0.1, -0.05) is 23.2 Å². The third-order valence-electron chi connectivity index (χ3n) is 4.64. The first-order valence-electron chi connectivity index (χ1n) is 8.78. The SMILES string of the molecule is CS(C)(C)CCOC(=O)NC1CCC(C(F)(F)c2cc(Cl)nc(Cl)c2)CC1. The van der Waals surface area contributed by atoms with E-state index in [9.17, 15) is 13.6 Å². The van der Waals surface area contributed by atoms with Gasteiger partial charge >= 0.3 is 6.09 Å². The lowest BCUT2D eigenvalue weighted by atomic mass is 9.80. The number of hydrogen-bond donors (Lipinski definition) is 1. The van der Waals surface area contributed by atoms with Gasteiger partial charge in [0.15, 0.2) is 0 Å². The van der Waals surface area contributed by atoms with Crippen LogP contribution in [0.3, 0.4) is 0 Å². The molecule has 1 heterocycles. The average molecular weight is 443 g/mol. The number of hydrogen-bond acceptors (Lipinski definition) is 3. The van der Waals surface area contributed by atoms with Gasteiger partial charge in [-0.25, -0.2) is 28.6 Å². The van der Waals surface area contributed by atoms with Crippen LogP contribution in [-0.2, 0) is 10.7 Å². The lowest BCUT2D eigenvalue weighted by Crippen LogP contribution is -2.40. The zero-order chi connectivity index (χ0) is 20.2. The van der Waals surface area contributed by atoms with E-state index in [-0.39, 0.29) is 21.9 Å². The molecule has 1 aliphatic carbocycles. The second-order valence-electron chi connectivity index (χ2n) is 7.75. The number of alkyl carbamates (subject to hydrolysis) is 1. The van der Waals surface area contributed by atoms with Crippen molar-refractivity contribution in [2.75, 3.05) is 31.1 Å². The first-order valence-corrected chi connectivity index (χ1v) is 12.6. The Labute approximate surface area is 170 Å². The Kier molecular flexibility index (Phi) is 7.62. The van der Waals surface area contributed by atoms with Crippen LogP contribution in [0.15, 0.2) is 12.1 Å². The molecule has 2 rings (SSSR count). The van der Waals surface area contributed by atoms with Crippen molar-refractivity contribution in [2.45, 2.75) is 37.6 Å². The largest absolute Gasteiger partial charge is 0.449 e. The highest BCUT2D eigenvalue weighted by Crippen LogP contribution is 2.44. The third kappa shape index (κ3) is 6.95. The van der Waals surface area contributed by atoms with Crippen molar-refractivity contribution in [3.05, 3.63) is 28.0 Å². The number of aromatic nitrogens is 1. The number of carbonyl (C=O) groups is 1. The molecular formula is C18H26Cl2F2N2O2S. The highest BCUT2D eigenvalue weighted by atomic mass is 35.5. The van der Waals surface area contributed by atoms with E-state index >= 15 is 0 Å². The molecule has 27 heavy (non-hydrogen) atoms. The number of nitrogens with one attached hydrogen (secondary N) is 1. The summed E-state index contributed by atoms with van der Waals surface area (Å²) < 4.78 is 34.8. The van der Waals surface area contributed by atoms with Gasteiger partial charge in [-0.3, -0.25) is 0 Å². The molecule has 1 aliphatic rings. The number of pyridine rings is 1. The van der Waals surface area contributed by atoms with Gasteiger partial charge in [-0.2, -0.15) is 0 Å². The summed E-state index contributed by atoms with van der Waals surface area (Å²) in [6.45, 7) is 0.377. The molecular weight excluding hydrogens is 417 g/mol. The van der Waals surface area contributed by atoms with Crippen LogP contribution in [0.25, 0.3) is 0 Å². The predicted molar refractivity (Wildman–Crippen MR) is 109 cm³/mol. The van der Waals surface area contributed by atoms with Gasteiger partial charge < -0.3 is 10.1 Å². The van der Waals surface area contributed by atoms with Crippen LogP contribution in [0.1, 0.15) is 31.2 Å². The Hall–Kier alpha value is -0.790. The Morgan fingerprint density at radius 2 is 1.78 bits per heavy atom. The number of rotatable bonds is 6. The van der Waals surface area contributed by atoms with E-state index < -0.39 is 28.0 Å². The third-order valence-corrected chi connectivity index (χ3v) is 6.42. The highest BCUT2D eigenvalue weighted by Gasteiger charge is 2.43. The number of carbonyl (C=O) groups excluding carboxylic acids is 1. The second kappa shape index (κ2) is 9.14. The van der Waals surface area contributed by atoms with Crippen molar-refractivity contribution in [1.82, 2.24) is 10.3 Å². The predicted octanol–water partition coefficient (Wildman–Crippen LogP) is 5.46. The molecule has 0 atom stereocenters. The van der Waals surface area contributed by atoms with Crippen LogP contribution in [0.2, 0.25) is 10.3 Å². The first-order chi connectivity index (χ1) is 12.5. The van der Waals surface area contributed by atoms with Gasteiger partial charge in [0.05, 0.1) is 0 Å². The molecule has 0 spiro atoms. The zero-order valence-corrected chi connectivity index (χ0v) is 18.1. The van der Waals surface area contributed by atoms with Crippen LogP contribution < -0.4 is 5.32 Å². The van der Waals surface area contributed by atoms with E-state index in [1.807, 2.05) is 0 Å². The van der Waals surface area contributed by atoms with Gasteiger partial charge in [-0.05, 0) is 56.6 Å². The topological polar surface area (TPSA) is 51.2 Å². The van der Waals surface area contributed by atoms with Gasteiger partial charge in [0.2, 0.25) is 0 Å². The summed E-state index contributed by atoms with van der Waals surface area (Å²) in [5.41, 5.74) is -0.215. The van der Waals surface area contributed by atoms with Crippen molar-refractivity contribution in [3.63, 3.8) is 0 Å². The molecule has 0 radical (unpaired) electrons. The zero-order valence-electron chi connectivity index (χ0n) is 15.7. The molecule has 1 fully saturated rings. The molecule has 9 heteroatoms. The van der Waals surface area contributed by atoms with E-state index in [0.717, 1.165) is 17.9 Å². The van der Waals surface area contributed by atoms with Crippen molar-refractivity contribution in [3.8, 4) is 0 Å². The van der Waals surface area contributed by atoms with Crippen LogP contribution in [0.4, 0.5) is 13.6 Å². The molecule has 0 aromatic carbocycles. The summed E-state index contributed by atoms with van der Waals surface area (Å²) in [7, 11) is -0.721. The number of alkyl halides is 2. The van der Waals surface area contributed by atoms with Gasteiger partial charge in [0.25, 0.3) is 5.92 Å². The molecule has 154 valence electrons. The standard InChI is InChI=1S/C18H26Cl2F2N2O2S/c1-27(2,3)9-8-26-17(25)23-14-6-4-12(5-7-14)18(21,22)13-10-15(19)24-16(20)11-13/h10-12,14H,4-9H2,1-3H3,(H,23,25). The maximum absolute atomic E-state index is 14.8. The van der Waals surface area contributed by atoms with E-state index in [1.165, 1.54) is 0 Å². The van der Waals surface area contributed by atoms with Crippen molar-refractivity contribution in [1.29, 1.82) is 0 Å². The van der Waals surface area contributed by atoms with Gasteiger partial charge in [0.1, 0.15) is 16.9 Å². The molecule has 4 nitrogen and oxygen atoms in total. The molecule has 1 aromatic heterocycles. The quantitative estimate of drug-likeness (QED) is 0.594. The van der Waals surface area contributed by atoms with Gasteiger partial charge in [0, 0.05) is 23.3 Å². The van der Waals surface area contributed by atoms with E-state index in [1.54, 1.807) is 0 Å². The summed E-state index contributed by atoms with van der Waals surface area (Å²) in [5, 5.41) is 2.69. The van der Waals surface area contributed by atoms with Crippen molar-refractivity contribution < 1.29 is 18.3 Å². The monoisotopic (exact) mass is 442 g/mol. The van der Waals surface area contributed by atoms with Crippen LogP contribution in [-0.4, -0.2) is 48.2 Å². The minimum atomic E-state index is -3.04. The highest BCUT2D eigenvalue weighted by molar-refractivity contribution is 8.32.